The molecular weight excluding hydrogens is 236 g/mol. The van der Waals surface area contributed by atoms with Gasteiger partial charge in [-0.2, -0.15) is 0 Å². The van der Waals surface area contributed by atoms with E-state index in [1.807, 2.05) is 55.5 Å². The fourth-order valence-corrected chi connectivity index (χ4v) is 2.16. The van der Waals surface area contributed by atoms with Gasteiger partial charge in [0, 0.05) is 5.39 Å². The van der Waals surface area contributed by atoms with Crippen molar-refractivity contribution in [2.45, 2.75) is 6.92 Å². The Balaban J connectivity index is 2.11. The van der Waals surface area contributed by atoms with Crippen molar-refractivity contribution < 1.29 is 9.84 Å². The summed E-state index contributed by atoms with van der Waals surface area (Å²) in [4.78, 5) is 0. The average molecular weight is 250 g/mol. The van der Waals surface area contributed by atoms with Crippen LogP contribution in [0, 0.1) is 6.92 Å². The first-order valence-corrected chi connectivity index (χ1v) is 6.20. The molecule has 0 aliphatic heterocycles. The van der Waals surface area contributed by atoms with E-state index in [0.717, 1.165) is 22.1 Å². The lowest BCUT2D eigenvalue weighted by atomic mass is 10.1. The molecule has 3 rings (SSSR count). The molecule has 0 bridgehead atoms. The molecule has 0 aromatic heterocycles. The number of rotatable bonds is 2. The Kier molecular flexibility index (Phi) is 2.84. The number of aryl methyl sites for hydroxylation is 1. The van der Waals surface area contributed by atoms with E-state index in [1.165, 1.54) is 0 Å². The van der Waals surface area contributed by atoms with E-state index in [-0.39, 0.29) is 5.75 Å². The molecule has 3 aromatic rings. The molecule has 94 valence electrons. The molecule has 3 aromatic carbocycles. The summed E-state index contributed by atoms with van der Waals surface area (Å²) in [7, 11) is 0. The number of aromatic hydroxyl groups is 1. The van der Waals surface area contributed by atoms with Crippen LogP contribution in [0.2, 0.25) is 0 Å². The maximum atomic E-state index is 9.90. The minimum atomic E-state index is 0.160. The van der Waals surface area contributed by atoms with Gasteiger partial charge in [0.2, 0.25) is 0 Å². The van der Waals surface area contributed by atoms with Crippen LogP contribution in [0.5, 0.6) is 17.2 Å². The van der Waals surface area contributed by atoms with Crippen molar-refractivity contribution in [2.24, 2.45) is 0 Å². The fourth-order valence-electron chi connectivity index (χ4n) is 2.16. The largest absolute Gasteiger partial charge is 0.504 e. The number of fused-ring (bicyclic) bond motifs is 1. The molecule has 0 spiro atoms. The van der Waals surface area contributed by atoms with E-state index >= 15 is 0 Å². The van der Waals surface area contributed by atoms with Gasteiger partial charge in [0.25, 0.3) is 0 Å². The van der Waals surface area contributed by atoms with Gasteiger partial charge in [-0.3, -0.25) is 0 Å². The van der Waals surface area contributed by atoms with Crippen molar-refractivity contribution in [3.63, 3.8) is 0 Å². The van der Waals surface area contributed by atoms with E-state index < -0.39 is 0 Å². The number of hydrogen-bond donors (Lipinski definition) is 1. The summed E-state index contributed by atoms with van der Waals surface area (Å²) in [5.74, 6) is 1.43. The molecule has 0 aliphatic carbocycles. The molecular formula is C17H14O2. The number of para-hydroxylation sites is 1. The van der Waals surface area contributed by atoms with Gasteiger partial charge in [0.1, 0.15) is 5.75 Å². The standard InChI is InChI=1S/C17H14O2/c1-12-6-4-10-15(18)17(12)19-16-11-5-8-13-7-2-3-9-14(13)16/h2-11,18H,1H3. The molecule has 0 unspecified atom stereocenters. The molecule has 0 atom stereocenters. The Hall–Kier alpha value is -2.48. The highest BCUT2D eigenvalue weighted by molar-refractivity contribution is 5.88. The number of ether oxygens (including phenoxy) is 1. The molecule has 0 fully saturated rings. The second-order valence-corrected chi connectivity index (χ2v) is 4.50. The lowest BCUT2D eigenvalue weighted by molar-refractivity contribution is 0.411. The maximum Gasteiger partial charge on any atom is 0.171 e. The first-order chi connectivity index (χ1) is 9.25. The topological polar surface area (TPSA) is 29.5 Å². The Morgan fingerprint density at radius 1 is 0.842 bits per heavy atom. The second-order valence-electron chi connectivity index (χ2n) is 4.50. The fraction of sp³-hybridized carbons (Fsp3) is 0.0588. The molecule has 0 saturated heterocycles. The van der Waals surface area contributed by atoms with Gasteiger partial charge in [-0.25, -0.2) is 0 Å². The highest BCUT2D eigenvalue weighted by atomic mass is 16.5. The van der Waals surface area contributed by atoms with Gasteiger partial charge in [0.15, 0.2) is 11.5 Å². The molecule has 1 N–H and O–H groups in total. The van der Waals surface area contributed by atoms with Crippen molar-refractivity contribution in [1.82, 2.24) is 0 Å². The van der Waals surface area contributed by atoms with Crippen LogP contribution in [-0.4, -0.2) is 5.11 Å². The van der Waals surface area contributed by atoms with E-state index in [0.29, 0.717) is 5.75 Å². The predicted octanol–water partition coefficient (Wildman–Crippen LogP) is 4.65. The Bertz CT molecular complexity index is 707. The van der Waals surface area contributed by atoms with Crippen LogP contribution in [0.1, 0.15) is 5.56 Å². The first-order valence-electron chi connectivity index (χ1n) is 6.20. The third-order valence-corrected chi connectivity index (χ3v) is 3.15. The Labute approximate surface area is 111 Å². The Morgan fingerprint density at radius 2 is 1.58 bits per heavy atom. The zero-order chi connectivity index (χ0) is 13.2. The van der Waals surface area contributed by atoms with Gasteiger partial charge in [-0.15, -0.1) is 0 Å². The van der Waals surface area contributed by atoms with Crippen LogP contribution in [0.15, 0.2) is 60.7 Å². The molecule has 0 aliphatic rings. The Morgan fingerprint density at radius 3 is 2.42 bits per heavy atom. The second kappa shape index (κ2) is 4.65. The molecule has 2 nitrogen and oxygen atoms in total. The van der Waals surface area contributed by atoms with Gasteiger partial charge in [-0.1, -0.05) is 48.5 Å². The van der Waals surface area contributed by atoms with Gasteiger partial charge >= 0.3 is 0 Å². The summed E-state index contributed by atoms with van der Waals surface area (Å²) >= 11 is 0. The predicted molar refractivity (Wildman–Crippen MR) is 76.9 cm³/mol. The van der Waals surface area contributed by atoms with Crippen molar-refractivity contribution >= 4 is 10.8 Å². The monoisotopic (exact) mass is 250 g/mol. The number of hydrogen-bond acceptors (Lipinski definition) is 2. The molecule has 19 heavy (non-hydrogen) atoms. The summed E-state index contributed by atoms with van der Waals surface area (Å²) in [5, 5.41) is 12.1. The number of phenolic OH excluding ortho intramolecular Hbond substituents is 1. The first kappa shape index (κ1) is 11.6. The number of phenols is 1. The average Bonchev–Trinajstić information content (AvgIpc) is 2.43. The summed E-state index contributed by atoms with van der Waals surface area (Å²) in [5.41, 5.74) is 0.910. The van der Waals surface area contributed by atoms with Crippen LogP contribution < -0.4 is 4.74 Å². The van der Waals surface area contributed by atoms with E-state index in [4.69, 9.17) is 4.74 Å². The van der Waals surface area contributed by atoms with Crippen molar-refractivity contribution in [1.29, 1.82) is 0 Å². The van der Waals surface area contributed by atoms with E-state index in [2.05, 4.69) is 0 Å². The van der Waals surface area contributed by atoms with Crippen LogP contribution in [0.25, 0.3) is 10.8 Å². The highest BCUT2D eigenvalue weighted by Gasteiger charge is 2.09. The van der Waals surface area contributed by atoms with Crippen LogP contribution in [-0.2, 0) is 0 Å². The highest BCUT2D eigenvalue weighted by Crippen LogP contribution is 2.36. The molecule has 0 amide bonds. The van der Waals surface area contributed by atoms with Crippen molar-refractivity contribution in [3.05, 3.63) is 66.2 Å². The minimum absolute atomic E-state index is 0.160. The number of benzene rings is 3. The van der Waals surface area contributed by atoms with Gasteiger partial charge in [0.05, 0.1) is 0 Å². The third kappa shape index (κ3) is 2.13. The molecule has 0 radical (unpaired) electrons. The van der Waals surface area contributed by atoms with Gasteiger partial charge < -0.3 is 9.84 Å². The van der Waals surface area contributed by atoms with E-state index in [9.17, 15) is 5.11 Å². The quantitative estimate of drug-likeness (QED) is 0.717. The van der Waals surface area contributed by atoms with Gasteiger partial charge in [-0.05, 0) is 30.0 Å². The lowest BCUT2D eigenvalue weighted by Crippen LogP contribution is -1.89. The normalized spacial score (nSPS) is 10.6. The van der Waals surface area contributed by atoms with Crippen molar-refractivity contribution in [3.8, 4) is 17.2 Å². The third-order valence-electron chi connectivity index (χ3n) is 3.15. The SMILES string of the molecule is Cc1cccc(O)c1Oc1cccc2ccccc12. The van der Waals surface area contributed by atoms with Crippen molar-refractivity contribution in [2.75, 3.05) is 0 Å². The minimum Gasteiger partial charge on any atom is -0.504 e. The van der Waals surface area contributed by atoms with Crippen LogP contribution in [0.3, 0.4) is 0 Å². The molecule has 0 heterocycles. The zero-order valence-electron chi connectivity index (χ0n) is 10.6. The molecule has 2 heteroatoms. The smallest absolute Gasteiger partial charge is 0.171 e. The summed E-state index contributed by atoms with van der Waals surface area (Å²) in [6, 6.07) is 19.3. The van der Waals surface area contributed by atoms with E-state index in [1.54, 1.807) is 12.1 Å². The lowest BCUT2D eigenvalue weighted by Gasteiger charge is -2.12. The van der Waals surface area contributed by atoms with Crippen LogP contribution in [0.4, 0.5) is 0 Å². The maximum absolute atomic E-state index is 9.90. The zero-order valence-corrected chi connectivity index (χ0v) is 10.6. The van der Waals surface area contributed by atoms with Crippen LogP contribution >= 0.6 is 0 Å². The summed E-state index contributed by atoms with van der Waals surface area (Å²) in [6.07, 6.45) is 0. The summed E-state index contributed by atoms with van der Waals surface area (Å²) < 4.78 is 5.90. The summed E-state index contributed by atoms with van der Waals surface area (Å²) in [6.45, 7) is 1.92. The molecule has 0 saturated carbocycles.